The molecule has 2 aromatic rings. The lowest BCUT2D eigenvalue weighted by molar-refractivity contribution is -0.136. The van der Waals surface area contributed by atoms with Gasteiger partial charge in [0.1, 0.15) is 6.10 Å². The summed E-state index contributed by atoms with van der Waals surface area (Å²) in [6.45, 7) is 2.57. The predicted molar refractivity (Wildman–Crippen MR) is 124 cm³/mol. The summed E-state index contributed by atoms with van der Waals surface area (Å²) in [5, 5.41) is 10.2. The normalized spacial score (nSPS) is 27.0. The van der Waals surface area contributed by atoms with Crippen molar-refractivity contribution in [2.75, 3.05) is 13.9 Å². The molecule has 1 fully saturated rings. The highest BCUT2D eigenvalue weighted by Crippen LogP contribution is 2.49. The monoisotopic (exact) mass is 477 g/mol. The Kier molecular flexibility index (Phi) is 5.12. The summed E-state index contributed by atoms with van der Waals surface area (Å²) in [6.07, 6.45) is 2.23. The molecular weight excluding hydrogens is 450 g/mol. The molecule has 6 rings (SSSR count). The molecule has 8 heteroatoms. The molecule has 2 aromatic carbocycles. The standard InChI is InChI=1S/C27H27NO7/c1-14-3-7-19-17(9-14)25(30)23-24(16-5-6-18(29)21(11-16)32-2)28(27(31)26(23)35-19)12-15-4-8-20-22(10-15)34-13-33-20/h4-6,8,10-11,14,17,19,24,29H,3,7,9,12-13H2,1-2H3. The van der Waals surface area contributed by atoms with Crippen molar-refractivity contribution in [2.24, 2.45) is 11.8 Å². The second-order valence-electron chi connectivity index (χ2n) is 9.74. The van der Waals surface area contributed by atoms with Gasteiger partial charge in [-0.1, -0.05) is 19.1 Å². The molecule has 1 amide bonds. The van der Waals surface area contributed by atoms with Crippen LogP contribution in [0.15, 0.2) is 47.7 Å². The number of ether oxygens (including phenoxy) is 4. The molecule has 0 radical (unpaired) electrons. The number of methoxy groups -OCH3 is 1. The van der Waals surface area contributed by atoms with E-state index >= 15 is 0 Å². The van der Waals surface area contributed by atoms with Crippen molar-refractivity contribution in [1.82, 2.24) is 4.90 Å². The van der Waals surface area contributed by atoms with E-state index in [4.69, 9.17) is 18.9 Å². The highest BCUT2D eigenvalue weighted by Gasteiger charge is 2.52. The predicted octanol–water partition coefficient (Wildman–Crippen LogP) is 3.87. The molecule has 3 aliphatic heterocycles. The van der Waals surface area contributed by atoms with E-state index in [-0.39, 0.29) is 54.3 Å². The third-order valence-corrected chi connectivity index (χ3v) is 7.51. The van der Waals surface area contributed by atoms with Crippen molar-refractivity contribution in [1.29, 1.82) is 0 Å². The Bertz CT molecular complexity index is 1250. The van der Waals surface area contributed by atoms with Gasteiger partial charge in [0.15, 0.2) is 34.5 Å². The van der Waals surface area contributed by atoms with Crippen molar-refractivity contribution in [3.8, 4) is 23.0 Å². The lowest BCUT2D eigenvalue weighted by atomic mass is 9.74. The SMILES string of the molecule is COc1cc(C2C3=C(OC4CCC(C)CC4C3=O)C(=O)N2Cc2ccc3c(c2)OCO3)ccc1O. The molecule has 4 aliphatic rings. The topological polar surface area (TPSA) is 94.5 Å². The van der Waals surface area contributed by atoms with Crippen LogP contribution in [0.5, 0.6) is 23.0 Å². The third-order valence-electron chi connectivity index (χ3n) is 7.51. The van der Waals surface area contributed by atoms with Gasteiger partial charge >= 0.3 is 0 Å². The number of rotatable bonds is 4. The summed E-state index contributed by atoms with van der Waals surface area (Å²) in [4.78, 5) is 29.2. The molecule has 0 saturated heterocycles. The van der Waals surface area contributed by atoms with Gasteiger partial charge in [-0.2, -0.15) is 0 Å². The number of aromatic hydroxyl groups is 1. The molecule has 35 heavy (non-hydrogen) atoms. The Labute approximate surface area is 203 Å². The van der Waals surface area contributed by atoms with Crippen LogP contribution in [-0.2, 0) is 20.9 Å². The number of phenolic OH excluding ortho intramolecular Hbond substituents is 1. The number of hydrogen-bond donors (Lipinski definition) is 1. The van der Waals surface area contributed by atoms with Gasteiger partial charge in [-0.15, -0.1) is 0 Å². The van der Waals surface area contributed by atoms with Crippen LogP contribution in [0.25, 0.3) is 0 Å². The first-order valence-electron chi connectivity index (χ1n) is 12.0. The van der Waals surface area contributed by atoms with Crippen LogP contribution in [0.3, 0.4) is 0 Å². The molecule has 8 nitrogen and oxygen atoms in total. The summed E-state index contributed by atoms with van der Waals surface area (Å²) >= 11 is 0. The fraction of sp³-hybridized carbons (Fsp3) is 0.407. The lowest BCUT2D eigenvalue weighted by Crippen LogP contribution is -2.41. The van der Waals surface area contributed by atoms with Crippen LogP contribution < -0.4 is 14.2 Å². The first kappa shape index (κ1) is 21.8. The molecule has 1 aliphatic carbocycles. The summed E-state index contributed by atoms with van der Waals surface area (Å²) in [7, 11) is 1.47. The van der Waals surface area contributed by atoms with Gasteiger partial charge in [0.2, 0.25) is 6.79 Å². The van der Waals surface area contributed by atoms with Gasteiger partial charge < -0.3 is 29.0 Å². The Morgan fingerprint density at radius 1 is 1.09 bits per heavy atom. The number of ketones is 1. The highest BCUT2D eigenvalue weighted by atomic mass is 16.7. The first-order valence-corrected chi connectivity index (χ1v) is 12.0. The zero-order valence-electron chi connectivity index (χ0n) is 19.7. The van der Waals surface area contributed by atoms with Crippen molar-refractivity contribution >= 4 is 11.7 Å². The molecule has 4 unspecified atom stereocenters. The Morgan fingerprint density at radius 2 is 1.91 bits per heavy atom. The zero-order valence-corrected chi connectivity index (χ0v) is 19.7. The maximum atomic E-state index is 13.9. The first-order chi connectivity index (χ1) is 16.9. The molecule has 0 spiro atoms. The molecule has 3 heterocycles. The molecule has 0 aromatic heterocycles. The van der Waals surface area contributed by atoms with Crippen molar-refractivity contribution in [3.63, 3.8) is 0 Å². The Hall–Kier alpha value is -3.68. The van der Waals surface area contributed by atoms with E-state index in [1.54, 1.807) is 17.0 Å². The summed E-state index contributed by atoms with van der Waals surface area (Å²) in [5.41, 5.74) is 1.92. The summed E-state index contributed by atoms with van der Waals surface area (Å²) < 4.78 is 22.5. The van der Waals surface area contributed by atoms with Gasteiger partial charge in [-0.05, 0) is 60.6 Å². The maximum absolute atomic E-state index is 13.9. The van der Waals surface area contributed by atoms with Gasteiger partial charge in [0.05, 0.1) is 24.6 Å². The minimum Gasteiger partial charge on any atom is -0.504 e. The average Bonchev–Trinajstić information content (AvgIpc) is 3.43. The fourth-order valence-electron chi connectivity index (χ4n) is 5.73. The largest absolute Gasteiger partial charge is 0.504 e. The minimum atomic E-state index is -0.650. The average molecular weight is 478 g/mol. The second-order valence-corrected chi connectivity index (χ2v) is 9.74. The van der Waals surface area contributed by atoms with E-state index < -0.39 is 6.04 Å². The molecule has 4 atom stereocenters. The van der Waals surface area contributed by atoms with E-state index in [0.29, 0.717) is 28.6 Å². The summed E-state index contributed by atoms with van der Waals surface area (Å²) in [6, 6.07) is 9.84. The number of carbonyl (C=O) groups excluding carboxylic acids is 2. The number of benzene rings is 2. The number of hydrogen-bond acceptors (Lipinski definition) is 7. The fourth-order valence-corrected chi connectivity index (χ4v) is 5.73. The quantitative estimate of drug-likeness (QED) is 0.714. The van der Waals surface area contributed by atoms with Gasteiger partial charge in [-0.3, -0.25) is 9.59 Å². The van der Waals surface area contributed by atoms with Gasteiger partial charge in [0, 0.05) is 6.54 Å². The van der Waals surface area contributed by atoms with E-state index in [9.17, 15) is 14.7 Å². The zero-order chi connectivity index (χ0) is 24.3. The Morgan fingerprint density at radius 3 is 2.74 bits per heavy atom. The van der Waals surface area contributed by atoms with Crippen LogP contribution in [0.4, 0.5) is 0 Å². The van der Waals surface area contributed by atoms with Crippen LogP contribution in [0.1, 0.15) is 43.4 Å². The molecular formula is C27H27NO7. The number of phenols is 1. The number of carbonyl (C=O) groups is 2. The minimum absolute atomic E-state index is 0.00973. The smallest absolute Gasteiger partial charge is 0.290 e. The van der Waals surface area contributed by atoms with Crippen LogP contribution in [0.2, 0.25) is 0 Å². The number of nitrogens with zero attached hydrogens (tertiary/aromatic N) is 1. The molecule has 182 valence electrons. The number of fused-ring (bicyclic) bond motifs is 2. The van der Waals surface area contributed by atoms with Crippen molar-refractivity contribution < 1.29 is 33.6 Å². The second kappa shape index (κ2) is 8.22. The molecule has 1 saturated carbocycles. The maximum Gasteiger partial charge on any atom is 0.290 e. The van der Waals surface area contributed by atoms with Crippen LogP contribution in [-0.4, -0.2) is 41.7 Å². The lowest BCUT2D eigenvalue weighted by Gasteiger charge is -2.37. The van der Waals surface area contributed by atoms with Gasteiger partial charge in [-0.25, -0.2) is 0 Å². The molecule has 0 bridgehead atoms. The van der Waals surface area contributed by atoms with E-state index in [0.717, 1.165) is 24.8 Å². The molecule has 1 N–H and O–H groups in total. The van der Waals surface area contributed by atoms with E-state index in [2.05, 4.69) is 6.92 Å². The van der Waals surface area contributed by atoms with Crippen molar-refractivity contribution in [2.45, 2.75) is 44.9 Å². The number of Topliss-reactive ketones (excluding diaryl/α,β-unsaturated/α-hetero) is 1. The number of amides is 1. The van der Waals surface area contributed by atoms with Crippen molar-refractivity contribution in [3.05, 3.63) is 58.9 Å². The van der Waals surface area contributed by atoms with E-state index in [1.807, 2.05) is 18.2 Å². The van der Waals surface area contributed by atoms with Gasteiger partial charge in [0.25, 0.3) is 5.91 Å². The third kappa shape index (κ3) is 3.50. The summed E-state index contributed by atoms with van der Waals surface area (Å²) in [5.74, 6) is 1.57. The Balaban J connectivity index is 1.42. The van der Waals surface area contributed by atoms with E-state index in [1.165, 1.54) is 13.2 Å². The highest BCUT2D eigenvalue weighted by molar-refractivity contribution is 6.11. The van der Waals surface area contributed by atoms with Crippen LogP contribution >= 0.6 is 0 Å². The van der Waals surface area contributed by atoms with Crippen LogP contribution in [0, 0.1) is 11.8 Å².